The lowest BCUT2D eigenvalue weighted by Gasteiger charge is -2.31. The maximum Gasteiger partial charge on any atom is 0.217 e. The van der Waals surface area contributed by atoms with Crippen LogP contribution in [0.1, 0.15) is 78.6 Å². The fourth-order valence-corrected chi connectivity index (χ4v) is 2.40. The molecule has 0 aliphatic carbocycles. The Kier molecular flexibility index (Phi) is 8.32. The Morgan fingerprint density at radius 3 is 2.06 bits per heavy atom. The largest absolute Gasteiger partial charge is 0.370 e. The summed E-state index contributed by atoms with van der Waals surface area (Å²) in [5.74, 6) is -0.153. The second-order valence-corrected chi connectivity index (χ2v) is 4.98. The summed E-state index contributed by atoms with van der Waals surface area (Å²) in [5.41, 5.74) is 5.61. The van der Waals surface area contributed by atoms with Gasteiger partial charge in [0.25, 0.3) is 0 Å². The molecule has 0 radical (unpaired) electrons. The van der Waals surface area contributed by atoms with Gasteiger partial charge in [-0.3, -0.25) is 4.79 Å². The van der Waals surface area contributed by atoms with Crippen LogP contribution in [0.25, 0.3) is 0 Å². The molecule has 0 fully saturated rings. The number of carbonyl (C=O) groups excluding carboxylic acids is 1. The van der Waals surface area contributed by atoms with E-state index in [2.05, 4.69) is 20.8 Å². The fourth-order valence-electron chi connectivity index (χ4n) is 2.40. The smallest absolute Gasteiger partial charge is 0.217 e. The highest BCUT2D eigenvalue weighted by Gasteiger charge is 2.25. The summed E-state index contributed by atoms with van der Waals surface area (Å²) >= 11 is 0. The number of hydrogen-bond donors (Lipinski definition) is 1. The van der Waals surface area contributed by atoms with Crippen LogP contribution in [0.5, 0.6) is 0 Å². The molecule has 96 valence electrons. The Hall–Kier alpha value is -0.530. The van der Waals surface area contributed by atoms with Gasteiger partial charge in [-0.25, -0.2) is 0 Å². The van der Waals surface area contributed by atoms with E-state index in [4.69, 9.17) is 5.73 Å². The first kappa shape index (κ1) is 15.5. The molecule has 2 heteroatoms. The number of nitrogens with two attached hydrogens (primary N) is 1. The molecule has 0 aliphatic heterocycles. The van der Waals surface area contributed by atoms with Gasteiger partial charge >= 0.3 is 0 Å². The van der Waals surface area contributed by atoms with Gasteiger partial charge in [-0.05, 0) is 18.3 Å². The average Bonchev–Trinajstić information content (AvgIpc) is 2.29. The summed E-state index contributed by atoms with van der Waals surface area (Å²) in [6.07, 6.45) is 10.4. The topological polar surface area (TPSA) is 43.1 Å². The lowest BCUT2D eigenvalue weighted by atomic mass is 9.74. The number of primary amides is 1. The molecule has 0 rings (SSSR count). The molecule has 0 saturated heterocycles. The lowest BCUT2D eigenvalue weighted by Crippen LogP contribution is -2.22. The minimum atomic E-state index is -0.153. The first-order valence-electron chi connectivity index (χ1n) is 6.88. The van der Waals surface area contributed by atoms with E-state index < -0.39 is 0 Å². The van der Waals surface area contributed by atoms with E-state index in [0.29, 0.717) is 11.8 Å². The zero-order chi connectivity index (χ0) is 12.4. The molecule has 0 aromatic rings. The van der Waals surface area contributed by atoms with Crippen LogP contribution in [-0.4, -0.2) is 5.91 Å². The van der Waals surface area contributed by atoms with Crippen LogP contribution in [0.3, 0.4) is 0 Å². The van der Waals surface area contributed by atoms with Gasteiger partial charge in [0, 0.05) is 6.42 Å². The number of amides is 1. The van der Waals surface area contributed by atoms with Crippen LogP contribution in [0.2, 0.25) is 0 Å². The SMILES string of the molecule is CCCCCCC(CC)(CC)CCC(N)=O. The second kappa shape index (κ2) is 8.60. The second-order valence-electron chi connectivity index (χ2n) is 4.98. The van der Waals surface area contributed by atoms with Crippen molar-refractivity contribution in [2.75, 3.05) is 0 Å². The van der Waals surface area contributed by atoms with Crippen molar-refractivity contribution in [1.82, 2.24) is 0 Å². The quantitative estimate of drug-likeness (QED) is 0.563. The normalized spacial score (nSPS) is 11.7. The molecule has 0 spiro atoms. The molecule has 0 atom stereocenters. The van der Waals surface area contributed by atoms with Gasteiger partial charge in [-0.1, -0.05) is 59.3 Å². The van der Waals surface area contributed by atoms with E-state index in [9.17, 15) is 4.79 Å². The zero-order valence-corrected chi connectivity index (χ0v) is 11.3. The predicted molar refractivity (Wildman–Crippen MR) is 70.2 cm³/mol. The third-order valence-electron chi connectivity index (χ3n) is 3.96. The monoisotopic (exact) mass is 227 g/mol. The maximum absolute atomic E-state index is 10.9. The van der Waals surface area contributed by atoms with E-state index in [0.717, 1.165) is 6.42 Å². The van der Waals surface area contributed by atoms with Crippen molar-refractivity contribution in [2.45, 2.75) is 78.6 Å². The first-order valence-corrected chi connectivity index (χ1v) is 6.88. The third kappa shape index (κ3) is 6.14. The van der Waals surface area contributed by atoms with Crippen molar-refractivity contribution in [1.29, 1.82) is 0 Å². The Morgan fingerprint density at radius 2 is 1.62 bits per heavy atom. The van der Waals surface area contributed by atoms with Gasteiger partial charge in [0.05, 0.1) is 0 Å². The van der Waals surface area contributed by atoms with Gasteiger partial charge in [-0.2, -0.15) is 0 Å². The molecule has 0 unspecified atom stereocenters. The van der Waals surface area contributed by atoms with Crippen molar-refractivity contribution in [3.63, 3.8) is 0 Å². The molecule has 2 N–H and O–H groups in total. The van der Waals surface area contributed by atoms with Crippen LogP contribution >= 0.6 is 0 Å². The third-order valence-corrected chi connectivity index (χ3v) is 3.96. The molecule has 0 aromatic heterocycles. The summed E-state index contributed by atoms with van der Waals surface area (Å²) < 4.78 is 0. The molecular weight excluding hydrogens is 198 g/mol. The number of carbonyl (C=O) groups is 1. The van der Waals surface area contributed by atoms with Crippen LogP contribution in [-0.2, 0) is 4.79 Å². The molecule has 0 heterocycles. The van der Waals surface area contributed by atoms with E-state index in [1.165, 1.54) is 44.9 Å². The standard InChI is InChI=1S/C14H29NO/c1-4-7-8-9-11-14(5-2,6-3)12-10-13(15)16/h4-12H2,1-3H3,(H2,15,16). The lowest BCUT2D eigenvalue weighted by molar-refractivity contribution is -0.118. The molecular formula is C14H29NO. The van der Waals surface area contributed by atoms with E-state index in [1.807, 2.05) is 0 Å². The Labute approximate surface area is 101 Å². The summed E-state index contributed by atoms with van der Waals surface area (Å²) in [7, 11) is 0. The van der Waals surface area contributed by atoms with E-state index in [1.54, 1.807) is 0 Å². The fraction of sp³-hybridized carbons (Fsp3) is 0.929. The van der Waals surface area contributed by atoms with Gasteiger partial charge in [0.1, 0.15) is 0 Å². The highest BCUT2D eigenvalue weighted by atomic mass is 16.1. The van der Waals surface area contributed by atoms with Crippen LogP contribution < -0.4 is 5.73 Å². The van der Waals surface area contributed by atoms with Gasteiger partial charge in [-0.15, -0.1) is 0 Å². The number of unbranched alkanes of at least 4 members (excludes halogenated alkanes) is 3. The van der Waals surface area contributed by atoms with Crippen LogP contribution in [0.15, 0.2) is 0 Å². The van der Waals surface area contributed by atoms with Crippen molar-refractivity contribution in [3.8, 4) is 0 Å². The molecule has 0 saturated carbocycles. The molecule has 0 aromatic carbocycles. The number of hydrogen-bond acceptors (Lipinski definition) is 1. The summed E-state index contributed by atoms with van der Waals surface area (Å²) in [4.78, 5) is 10.9. The molecule has 2 nitrogen and oxygen atoms in total. The summed E-state index contributed by atoms with van der Waals surface area (Å²) in [6.45, 7) is 6.72. The average molecular weight is 227 g/mol. The van der Waals surface area contributed by atoms with E-state index >= 15 is 0 Å². The van der Waals surface area contributed by atoms with Gasteiger partial charge in [0.2, 0.25) is 5.91 Å². The van der Waals surface area contributed by atoms with Crippen molar-refractivity contribution in [2.24, 2.45) is 11.1 Å². The first-order chi connectivity index (χ1) is 7.60. The molecule has 16 heavy (non-hydrogen) atoms. The Morgan fingerprint density at radius 1 is 1.00 bits per heavy atom. The van der Waals surface area contributed by atoms with Crippen molar-refractivity contribution < 1.29 is 4.79 Å². The van der Waals surface area contributed by atoms with Crippen LogP contribution in [0, 0.1) is 5.41 Å². The summed E-state index contributed by atoms with van der Waals surface area (Å²) in [5, 5.41) is 0. The predicted octanol–water partition coefficient (Wildman–Crippen LogP) is 4.03. The highest BCUT2D eigenvalue weighted by molar-refractivity contribution is 5.73. The molecule has 1 amide bonds. The molecule has 0 bridgehead atoms. The Bertz CT molecular complexity index is 185. The molecule has 0 aliphatic rings. The van der Waals surface area contributed by atoms with E-state index in [-0.39, 0.29) is 5.91 Å². The number of rotatable bonds is 10. The zero-order valence-electron chi connectivity index (χ0n) is 11.3. The van der Waals surface area contributed by atoms with Gasteiger partial charge in [0.15, 0.2) is 0 Å². The van der Waals surface area contributed by atoms with Crippen LogP contribution in [0.4, 0.5) is 0 Å². The van der Waals surface area contributed by atoms with Crippen molar-refractivity contribution in [3.05, 3.63) is 0 Å². The minimum absolute atomic E-state index is 0.153. The Balaban J connectivity index is 4.04. The van der Waals surface area contributed by atoms with Crippen molar-refractivity contribution >= 4 is 5.91 Å². The maximum atomic E-state index is 10.9. The minimum Gasteiger partial charge on any atom is -0.370 e. The van der Waals surface area contributed by atoms with Gasteiger partial charge < -0.3 is 5.73 Å². The highest BCUT2D eigenvalue weighted by Crippen LogP contribution is 2.37. The summed E-state index contributed by atoms with van der Waals surface area (Å²) in [6, 6.07) is 0.